The fraction of sp³-hybridized carbons (Fsp3) is 0.385. The number of sulfonamides is 1. The highest BCUT2D eigenvalue weighted by atomic mass is 32.2. The predicted octanol–water partition coefficient (Wildman–Crippen LogP) is 2.63. The van der Waals surface area contributed by atoms with Gasteiger partial charge in [0.25, 0.3) is 0 Å². The van der Waals surface area contributed by atoms with Crippen LogP contribution in [-0.2, 0) is 10.0 Å². The van der Waals surface area contributed by atoms with Crippen molar-refractivity contribution in [3.05, 3.63) is 45.8 Å². The van der Waals surface area contributed by atoms with E-state index in [2.05, 4.69) is 6.58 Å². The molecule has 8 heteroatoms. The normalized spacial score (nSPS) is 11.7. The van der Waals surface area contributed by atoms with Crippen LogP contribution in [-0.4, -0.2) is 30.7 Å². The number of nitrogens with zero attached hydrogens (tertiary/aromatic N) is 2. The Balaban J connectivity index is 3.46. The fourth-order valence-corrected chi connectivity index (χ4v) is 3.60. The third-order valence-corrected chi connectivity index (χ3v) is 4.92. The zero-order valence-electron chi connectivity index (χ0n) is 12.1. The molecule has 0 aromatic heterocycles. The van der Waals surface area contributed by atoms with Crippen molar-refractivity contribution in [2.45, 2.75) is 25.7 Å². The van der Waals surface area contributed by atoms with Gasteiger partial charge in [-0.1, -0.05) is 19.1 Å². The summed E-state index contributed by atoms with van der Waals surface area (Å²) in [5, 5.41) is 10.8. The third kappa shape index (κ3) is 3.64. The van der Waals surface area contributed by atoms with Crippen LogP contribution >= 0.6 is 0 Å². The van der Waals surface area contributed by atoms with Gasteiger partial charge in [0.05, 0.1) is 9.82 Å². The Kier molecular flexibility index (Phi) is 5.19. The molecule has 0 atom stereocenters. The van der Waals surface area contributed by atoms with Crippen molar-refractivity contribution >= 4 is 15.7 Å². The Bertz CT molecular complexity index is 686. The third-order valence-electron chi connectivity index (χ3n) is 2.86. The summed E-state index contributed by atoms with van der Waals surface area (Å²) in [5.41, 5.74) is -0.0986. The molecule has 21 heavy (non-hydrogen) atoms. The summed E-state index contributed by atoms with van der Waals surface area (Å²) in [7, 11) is -3.95. The Morgan fingerprint density at radius 2 is 2.05 bits per heavy atom. The van der Waals surface area contributed by atoms with E-state index in [-0.39, 0.29) is 23.5 Å². The lowest BCUT2D eigenvalue weighted by Crippen LogP contribution is -2.32. The van der Waals surface area contributed by atoms with Crippen molar-refractivity contribution in [2.75, 3.05) is 13.1 Å². The largest absolute Gasteiger partial charge is 0.306 e. The van der Waals surface area contributed by atoms with Crippen molar-refractivity contribution in [3.63, 3.8) is 0 Å². The highest BCUT2D eigenvalue weighted by Gasteiger charge is 2.28. The molecule has 0 radical (unpaired) electrons. The minimum atomic E-state index is -3.95. The molecule has 116 valence electrons. The Morgan fingerprint density at radius 3 is 2.48 bits per heavy atom. The number of hydrogen-bond acceptors (Lipinski definition) is 4. The van der Waals surface area contributed by atoms with Crippen molar-refractivity contribution in [3.8, 4) is 0 Å². The van der Waals surface area contributed by atoms with Crippen molar-refractivity contribution in [1.82, 2.24) is 4.31 Å². The second kappa shape index (κ2) is 6.31. The van der Waals surface area contributed by atoms with Crippen LogP contribution in [0.25, 0.3) is 0 Å². The average Bonchev–Trinajstić information content (AvgIpc) is 2.34. The molecule has 0 heterocycles. The molecule has 1 aromatic rings. The van der Waals surface area contributed by atoms with Crippen LogP contribution in [0.3, 0.4) is 0 Å². The first-order valence-electron chi connectivity index (χ1n) is 6.20. The van der Waals surface area contributed by atoms with Gasteiger partial charge in [-0.15, -0.1) is 0 Å². The summed E-state index contributed by atoms with van der Waals surface area (Å²) >= 11 is 0. The van der Waals surface area contributed by atoms with E-state index in [0.717, 1.165) is 16.4 Å². The van der Waals surface area contributed by atoms with Gasteiger partial charge in [0.2, 0.25) is 15.8 Å². The molecule has 0 aliphatic carbocycles. The van der Waals surface area contributed by atoms with E-state index in [0.29, 0.717) is 5.57 Å². The molecule has 0 N–H and O–H groups in total. The number of nitro benzene ring substituents is 1. The maximum absolute atomic E-state index is 13.5. The van der Waals surface area contributed by atoms with Crippen LogP contribution < -0.4 is 0 Å². The monoisotopic (exact) mass is 316 g/mol. The molecular weight excluding hydrogens is 299 g/mol. The molecule has 0 unspecified atom stereocenters. The molecule has 0 spiro atoms. The van der Waals surface area contributed by atoms with E-state index in [1.54, 1.807) is 13.8 Å². The van der Waals surface area contributed by atoms with Crippen molar-refractivity contribution in [1.29, 1.82) is 0 Å². The summed E-state index contributed by atoms with van der Waals surface area (Å²) in [6.45, 7) is 8.66. The number of halogens is 1. The molecule has 6 nitrogen and oxygen atoms in total. The standard InChI is InChI=1S/C13H17FN2O4S/c1-5-15(8-9(2)3)21(19,20)13-7-12(16(17)18)11(14)6-10(13)4/h6-7H,2,5,8H2,1,3-4H3. The summed E-state index contributed by atoms with van der Waals surface area (Å²) < 4.78 is 39.7. The van der Waals surface area contributed by atoms with E-state index in [1.807, 2.05) is 0 Å². The lowest BCUT2D eigenvalue weighted by Gasteiger charge is -2.21. The minimum absolute atomic E-state index is 0.101. The van der Waals surface area contributed by atoms with E-state index in [4.69, 9.17) is 0 Å². The molecule has 0 bridgehead atoms. The molecule has 0 saturated carbocycles. The van der Waals surface area contributed by atoms with Gasteiger partial charge in [-0.25, -0.2) is 8.42 Å². The first-order valence-corrected chi connectivity index (χ1v) is 7.64. The van der Waals surface area contributed by atoms with Gasteiger partial charge in [0.1, 0.15) is 0 Å². The van der Waals surface area contributed by atoms with E-state index < -0.39 is 26.5 Å². The number of likely N-dealkylation sites (N-methyl/N-ethyl adjacent to an activating group) is 1. The van der Waals surface area contributed by atoms with Gasteiger partial charge in [0, 0.05) is 19.2 Å². The lowest BCUT2D eigenvalue weighted by atomic mass is 10.2. The highest BCUT2D eigenvalue weighted by Crippen LogP contribution is 2.27. The summed E-state index contributed by atoms with van der Waals surface area (Å²) in [6.07, 6.45) is 0. The number of rotatable bonds is 6. The quantitative estimate of drug-likeness (QED) is 0.459. The molecule has 1 aromatic carbocycles. The SMILES string of the molecule is C=C(C)CN(CC)S(=O)(=O)c1cc([N+](=O)[O-])c(F)cc1C. The zero-order valence-corrected chi connectivity index (χ0v) is 12.9. The summed E-state index contributed by atoms with van der Waals surface area (Å²) in [4.78, 5) is 9.57. The Morgan fingerprint density at radius 1 is 1.48 bits per heavy atom. The lowest BCUT2D eigenvalue weighted by molar-refractivity contribution is -0.387. The highest BCUT2D eigenvalue weighted by molar-refractivity contribution is 7.89. The Hall–Kier alpha value is -1.80. The van der Waals surface area contributed by atoms with Crippen molar-refractivity contribution in [2.24, 2.45) is 0 Å². The van der Waals surface area contributed by atoms with Gasteiger partial charge >= 0.3 is 5.69 Å². The Labute approximate surface area is 123 Å². The molecule has 1 rings (SSSR count). The van der Waals surface area contributed by atoms with Gasteiger partial charge in [-0.3, -0.25) is 10.1 Å². The second-order valence-electron chi connectivity index (χ2n) is 4.71. The summed E-state index contributed by atoms with van der Waals surface area (Å²) in [6, 6.07) is 1.63. The second-order valence-corrected chi connectivity index (χ2v) is 6.62. The van der Waals surface area contributed by atoms with Crippen LogP contribution in [0.1, 0.15) is 19.4 Å². The van der Waals surface area contributed by atoms with Gasteiger partial charge in [-0.2, -0.15) is 8.70 Å². The molecule has 0 amide bonds. The van der Waals surface area contributed by atoms with E-state index in [1.165, 1.54) is 6.92 Å². The van der Waals surface area contributed by atoms with Crippen LogP contribution in [0.5, 0.6) is 0 Å². The number of hydrogen-bond donors (Lipinski definition) is 0. The average molecular weight is 316 g/mol. The topological polar surface area (TPSA) is 80.5 Å². The first kappa shape index (κ1) is 17.3. The molecule has 0 saturated heterocycles. The number of nitro groups is 1. The first-order chi connectivity index (χ1) is 9.61. The molecule has 0 aliphatic heterocycles. The predicted molar refractivity (Wildman–Crippen MR) is 77.0 cm³/mol. The fourth-order valence-electron chi connectivity index (χ4n) is 1.87. The van der Waals surface area contributed by atoms with E-state index in [9.17, 15) is 22.9 Å². The molecular formula is C13H17FN2O4S. The maximum atomic E-state index is 13.5. The smallest absolute Gasteiger partial charge is 0.258 e. The molecule has 0 fully saturated rings. The van der Waals surface area contributed by atoms with Crippen LogP contribution in [0, 0.1) is 22.9 Å². The van der Waals surface area contributed by atoms with Crippen LogP contribution in [0.15, 0.2) is 29.2 Å². The zero-order chi connectivity index (χ0) is 16.4. The van der Waals surface area contributed by atoms with Gasteiger partial charge in [-0.05, 0) is 25.5 Å². The number of aryl methyl sites for hydroxylation is 1. The van der Waals surface area contributed by atoms with Gasteiger partial charge < -0.3 is 0 Å². The van der Waals surface area contributed by atoms with Crippen LogP contribution in [0.2, 0.25) is 0 Å². The molecule has 0 aliphatic rings. The van der Waals surface area contributed by atoms with Crippen LogP contribution in [0.4, 0.5) is 10.1 Å². The van der Waals surface area contributed by atoms with Gasteiger partial charge in [0.15, 0.2) is 0 Å². The minimum Gasteiger partial charge on any atom is -0.258 e. The van der Waals surface area contributed by atoms with E-state index >= 15 is 0 Å². The maximum Gasteiger partial charge on any atom is 0.306 e. The number of benzene rings is 1. The summed E-state index contributed by atoms with van der Waals surface area (Å²) in [5.74, 6) is -1.06. The van der Waals surface area contributed by atoms with Crippen molar-refractivity contribution < 1.29 is 17.7 Å².